The van der Waals surface area contributed by atoms with Crippen LogP contribution in [0.3, 0.4) is 0 Å². The van der Waals surface area contributed by atoms with E-state index in [0.29, 0.717) is 0 Å². The van der Waals surface area contributed by atoms with E-state index < -0.39 is 0 Å². The lowest BCUT2D eigenvalue weighted by atomic mass is 10.1. The fourth-order valence-corrected chi connectivity index (χ4v) is 2.81. The summed E-state index contributed by atoms with van der Waals surface area (Å²) >= 11 is 0. The molecule has 0 saturated carbocycles. The van der Waals surface area contributed by atoms with Crippen LogP contribution in [0, 0.1) is 6.92 Å². The van der Waals surface area contributed by atoms with Gasteiger partial charge in [0.05, 0.1) is 11.7 Å². The smallest absolute Gasteiger partial charge is 0.254 e. The van der Waals surface area contributed by atoms with Gasteiger partial charge in [0.2, 0.25) is 0 Å². The third-order valence-corrected chi connectivity index (χ3v) is 3.79. The molecule has 0 bridgehead atoms. The van der Waals surface area contributed by atoms with Gasteiger partial charge in [-0.15, -0.1) is 0 Å². The Bertz CT molecular complexity index is 609. The second-order valence-corrected chi connectivity index (χ2v) is 5.23. The number of pyridine rings is 1. The van der Waals surface area contributed by atoms with Gasteiger partial charge >= 0.3 is 0 Å². The van der Waals surface area contributed by atoms with E-state index >= 15 is 0 Å². The van der Waals surface area contributed by atoms with Crippen LogP contribution in [0.25, 0.3) is 0 Å². The molecule has 102 valence electrons. The molecule has 0 radical (unpaired) electrons. The number of rotatable bonds is 2. The van der Waals surface area contributed by atoms with Crippen molar-refractivity contribution in [2.24, 2.45) is 0 Å². The molecular formula is C17H18N2O. The first-order valence-electron chi connectivity index (χ1n) is 7.05. The standard InChI is InChI=1S/C17H18N2O/c1-13-7-5-10-15(18-13)16-11-6-12-19(16)17(20)14-8-3-2-4-9-14/h2-5,7-10,16H,6,11-12H2,1H3. The molecule has 3 nitrogen and oxygen atoms in total. The molecule has 1 amide bonds. The molecule has 1 fully saturated rings. The normalized spacial score (nSPS) is 18.2. The van der Waals surface area contributed by atoms with E-state index in [4.69, 9.17) is 0 Å². The number of aryl methyl sites for hydroxylation is 1. The number of hydrogen-bond donors (Lipinski definition) is 0. The second-order valence-electron chi connectivity index (χ2n) is 5.23. The van der Waals surface area contributed by atoms with Gasteiger partial charge in [-0.1, -0.05) is 24.3 Å². The Labute approximate surface area is 119 Å². The average molecular weight is 266 g/mol. The summed E-state index contributed by atoms with van der Waals surface area (Å²) in [6, 6.07) is 15.6. The van der Waals surface area contributed by atoms with Crippen LogP contribution in [0.15, 0.2) is 48.5 Å². The first-order chi connectivity index (χ1) is 9.75. The lowest BCUT2D eigenvalue weighted by Gasteiger charge is -2.24. The highest BCUT2D eigenvalue weighted by Gasteiger charge is 2.31. The fraction of sp³-hybridized carbons (Fsp3) is 0.294. The van der Waals surface area contributed by atoms with Gasteiger partial charge in [0, 0.05) is 17.8 Å². The summed E-state index contributed by atoms with van der Waals surface area (Å²) in [7, 11) is 0. The molecule has 2 aromatic rings. The number of hydrogen-bond acceptors (Lipinski definition) is 2. The minimum Gasteiger partial charge on any atom is -0.330 e. The lowest BCUT2D eigenvalue weighted by molar-refractivity contribution is 0.0733. The Morgan fingerprint density at radius 2 is 1.95 bits per heavy atom. The monoisotopic (exact) mass is 266 g/mol. The van der Waals surface area contributed by atoms with Gasteiger partial charge in [0.25, 0.3) is 5.91 Å². The predicted octanol–water partition coefficient (Wildman–Crippen LogP) is 3.37. The topological polar surface area (TPSA) is 33.2 Å². The van der Waals surface area contributed by atoms with E-state index in [1.165, 1.54) is 0 Å². The maximum atomic E-state index is 12.6. The molecule has 1 aromatic heterocycles. The number of aromatic nitrogens is 1. The molecule has 20 heavy (non-hydrogen) atoms. The van der Waals surface area contributed by atoms with Crippen LogP contribution < -0.4 is 0 Å². The first-order valence-corrected chi connectivity index (χ1v) is 7.05. The number of carbonyl (C=O) groups is 1. The van der Waals surface area contributed by atoms with Gasteiger partial charge in [0.1, 0.15) is 0 Å². The van der Waals surface area contributed by atoms with E-state index in [1.807, 2.05) is 60.4 Å². The van der Waals surface area contributed by atoms with Crippen molar-refractivity contribution >= 4 is 5.91 Å². The Morgan fingerprint density at radius 1 is 1.15 bits per heavy atom. The van der Waals surface area contributed by atoms with E-state index in [1.54, 1.807) is 0 Å². The molecule has 0 aliphatic carbocycles. The summed E-state index contributed by atoms with van der Waals surface area (Å²) in [6.07, 6.45) is 2.04. The van der Waals surface area contributed by atoms with Crippen molar-refractivity contribution in [1.82, 2.24) is 9.88 Å². The van der Waals surface area contributed by atoms with Gasteiger partial charge in [-0.25, -0.2) is 0 Å². The molecule has 1 aliphatic heterocycles. The van der Waals surface area contributed by atoms with Gasteiger partial charge < -0.3 is 4.90 Å². The number of nitrogens with zero attached hydrogens (tertiary/aromatic N) is 2. The molecular weight excluding hydrogens is 248 g/mol. The molecule has 1 saturated heterocycles. The van der Waals surface area contributed by atoms with Crippen LogP contribution in [-0.2, 0) is 0 Å². The second kappa shape index (κ2) is 5.45. The first kappa shape index (κ1) is 12.9. The Morgan fingerprint density at radius 3 is 2.70 bits per heavy atom. The van der Waals surface area contributed by atoms with Crippen LogP contribution in [0.1, 0.15) is 40.6 Å². The summed E-state index contributed by atoms with van der Waals surface area (Å²) < 4.78 is 0. The summed E-state index contributed by atoms with van der Waals surface area (Å²) in [6.45, 7) is 2.80. The highest BCUT2D eigenvalue weighted by Crippen LogP contribution is 2.32. The van der Waals surface area contributed by atoms with Crippen LogP contribution in [0.5, 0.6) is 0 Å². The van der Waals surface area contributed by atoms with Crippen molar-refractivity contribution in [2.75, 3.05) is 6.54 Å². The molecule has 0 spiro atoms. The largest absolute Gasteiger partial charge is 0.330 e. The molecule has 0 N–H and O–H groups in total. The molecule has 1 aromatic carbocycles. The maximum Gasteiger partial charge on any atom is 0.254 e. The van der Waals surface area contributed by atoms with Crippen molar-refractivity contribution in [3.8, 4) is 0 Å². The third-order valence-electron chi connectivity index (χ3n) is 3.79. The molecule has 3 heteroatoms. The zero-order valence-electron chi connectivity index (χ0n) is 11.6. The predicted molar refractivity (Wildman–Crippen MR) is 78.4 cm³/mol. The van der Waals surface area contributed by atoms with Crippen molar-refractivity contribution in [3.05, 3.63) is 65.5 Å². The molecule has 1 atom stereocenters. The number of carbonyl (C=O) groups excluding carboxylic acids is 1. The van der Waals surface area contributed by atoms with E-state index in [9.17, 15) is 4.79 Å². The number of amides is 1. The van der Waals surface area contributed by atoms with Crippen molar-refractivity contribution in [1.29, 1.82) is 0 Å². The Balaban J connectivity index is 1.88. The summed E-state index contributed by atoms with van der Waals surface area (Å²) in [5, 5.41) is 0. The van der Waals surface area contributed by atoms with Crippen molar-refractivity contribution in [3.63, 3.8) is 0 Å². The van der Waals surface area contributed by atoms with Crippen LogP contribution >= 0.6 is 0 Å². The van der Waals surface area contributed by atoms with Gasteiger partial charge in [-0.3, -0.25) is 9.78 Å². The summed E-state index contributed by atoms with van der Waals surface area (Å²) in [5.41, 5.74) is 2.76. The SMILES string of the molecule is Cc1cccc(C2CCCN2C(=O)c2ccccc2)n1. The minimum atomic E-state index is 0.108. The van der Waals surface area contributed by atoms with Crippen LogP contribution in [-0.4, -0.2) is 22.3 Å². The number of likely N-dealkylation sites (tertiary alicyclic amines) is 1. The fourth-order valence-electron chi connectivity index (χ4n) is 2.81. The zero-order chi connectivity index (χ0) is 13.9. The van der Waals surface area contributed by atoms with Gasteiger partial charge in [-0.2, -0.15) is 0 Å². The van der Waals surface area contributed by atoms with Crippen molar-refractivity contribution < 1.29 is 4.79 Å². The Kier molecular flexibility index (Phi) is 3.50. The van der Waals surface area contributed by atoms with Crippen LogP contribution in [0.2, 0.25) is 0 Å². The molecule has 1 aliphatic rings. The highest BCUT2D eigenvalue weighted by atomic mass is 16.2. The van der Waals surface area contributed by atoms with Gasteiger partial charge in [-0.05, 0) is 44.0 Å². The maximum absolute atomic E-state index is 12.6. The molecule has 1 unspecified atom stereocenters. The lowest BCUT2D eigenvalue weighted by Crippen LogP contribution is -2.31. The van der Waals surface area contributed by atoms with Crippen molar-refractivity contribution in [2.45, 2.75) is 25.8 Å². The van der Waals surface area contributed by atoms with Crippen LogP contribution in [0.4, 0.5) is 0 Å². The summed E-state index contributed by atoms with van der Waals surface area (Å²) in [5.74, 6) is 0.108. The molecule has 2 heterocycles. The summed E-state index contributed by atoms with van der Waals surface area (Å²) in [4.78, 5) is 19.2. The third kappa shape index (κ3) is 2.44. The highest BCUT2D eigenvalue weighted by molar-refractivity contribution is 5.94. The van der Waals surface area contributed by atoms with E-state index in [2.05, 4.69) is 4.98 Å². The zero-order valence-corrected chi connectivity index (χ0v) is 11.6. The van der Waals surface area contributed by atoms with E-state index in [0.717, 1.165) is 36.3 Å². The van der Waals surface area contributed by atoms with Gasteiger partial charge in [0.15, 0.2) is 0 Å². The Hall–Kier alpha value is -2.16. The minimum absolute atomic E-state index is 0.108. The average Bonchev–Trinajstić information content (AvgIpc) is 2.97. The molecule has 3 rings (SSSR count). The number of benzene rings is 1. The quantitative estimate of drug-likeness (QED) is 0.835. The van der Waals surface area contributed by atoms with E-state index in [-0.39, 0.29) is 11.9 Å².